The van der Waals surface area contributed by atoms with E-state index >= 15 is 0 Å². The van der Waals surface area contributed by atoms with Crippen LogP contribution in [-0.2, 0) is 0 Å². The molecule has 118 valence electrons. The molecule has 2 N–H and O–H groups in total. The Hall–Kier alpha value is -2.47. The van der Waals surface area contributed by atoms with Gasteiger partial charge in [0.1, 0.15) is 21.3 Å². The van der Waals surface area contributed by atoms with E-state index in [-0.39, 0.29) is 0 Å². The number of aromatic carboxylic acids is 1. The van der Waals surface area contributed by atoms with E-state index in [1.807, 2.05) is 26.0 Å². The summed E-state index contributed by atoms with van der Waals surface area (Å²) in [5.74, 6) is 0.340. The summed E-state index contributed by atoms with van der Waals surface area (Å²) in [6, 6.07) is 6.03. The minimum absolute atomic E-state index is 0.309. The van der Waals surface area contributed by atoms with E-state index in [0.29, 0.717) is 26.9 Å². The van der Waals surface area contributed by atoms with Gasteiger partial charge in [-0.2, -0.15) is 0 Å². The third kappa shape index (κ3) is 2.66. The van der Waals surface area contributed by atoms with Crippen LogP contribution in [0.1, 0.15) is 32.2 Å². The summed E-state index contributed by atoms with van der Waals surface area (Å²) in [7, 11) is 0. The van der Waals surface area contributed by atoms with Crippen molar-refractivity contribution in [1.29, 1.82) is 0 Å². The number of nitrogens with zero attached hydrogens (tertiary/aromatic N) is 2. The molecule has 3 aromatic rings. The van der Waals surface area contributed by atoms with E-state index in [1.54, 1.807) is 6.92 Å². The van der Waals surface area contributed by atoms with Crippen LogP contribution in [0.15, 0.2) is 18.2 Å². The second kappa shape index (κ2) is 5.62. The lowest BCUT2D eigenvalue weighted by Gasteiger charge is -2.12. The molecule has 0 atom stereocenters. The van der Waals surface area contributed by atoms with Gasteiger partial charge in [0, 0.05) is 5.69 Å². The van der Waals surface area contributed by atoms with Crippen LogP contribution in [0.4, 0.5) is 11.5 Å². The molecule has 0 aliphatic carbocycles. The number of anilines is 2. The Labute approximate surface area is 138 Å². The van der Waals surface area contributed by atoms with Gasteiger partial charge in [-0.15, -0.1) is 11.3 Å². The van der Waals surface area contributed by atoms with Crippen LogP contribution >= 0.6 is 11.3 Å². The molecule has 0 radical (unpaired) electrons. The molecule has 0 bridgehead atoms. The lowest BCUT2D eigenvalue weighted by Crippen LogP contribution is -2.01. The second-order valence-electron chi connectivity index (χ2n) is 5.53. The number of thiophene rings is 1. The number of carbonyl (C=O) groups is 1. The van der Waals surface area contributed by atoms with Crippen LogP contribution < -0.4 is 5.32 Å². The number of carboxylic acids is 1. The van der Waals surface area contributed by atoms with Crippen molar-refractivity contribution in [2.45, 2.75) is 27.7 Å². The summed E-state index contributed by atoms with van der Waals surface area (Å²) < 4.78 is 0. The molecule has 0 saturated heterocycles. The van der Waals surface area contributed by atoms with Crippen LogP contribution in [0, 0.1) is 27.7 Å². The number of benzene rings is 1. The number of nitrogens with one attached hydrogen (secondary N) is 1. The minimum atomic E-state index is -0.930. The lowest BCUT2D eigenvalue weighted by atomic mass is 10.1. The third-order valence-corrected chi connectivity index (χ3v) is 5.13. The van der Waals surface area contributed by atoms with Gasteiger partial charge in [0.25, 0.3) is 0 Å². The summed E-state index contributed by atoms with van der Waals surface area (Å²) in [6.45, 7) is 7.71. The van der Waals surface area contributed by atoms with Gasteiger partial charge in [-0.25, -0.2) is 14.8 Å². The van der Waals surface area contributed by atoms with Gasteiger partial charge in [-0.3, -0.25) is 0 Å². The number of carboxylic acid groups (broad SMARTS) is 1. The fraction of sp³-hybridized carbons (Fsp3) is 0.235. The molecule has 0 unspecified atom stereocenters. The Morgan fingerprint density at radius 3 is 2.57 bits per heavy atom. The maximum atomic E-state index is 11.4. The molecule has 1 aromatic carbocycles. The van der Waals surface area contributed by atoms with Gasteiger partial charge in [0.2, 0.25) is 0 Å². The summed E-state index contributed by atoms with van der Waals surface area (Å²) in [5.41, 5.74) is 3.99. The average Bonchev–Trinajstić information content (AvgIpc) is 2.81. The van der Waals surface area contributed by atoms with Gasteiger partial charge >= 0.3 is 5.97 Å². The van der Waals surface area contributed by atoms with Crippen LogP contribution in [0.3, 0.4) is 0 Å². The minimum Gasteiger partial charge on any atom is -0.477 e. The zero-order valence-electron chi connectivity index (χ0n) is 13.4. The Morgan fingerprint density at radius 1 is 1.13 bits per heavy atom. The van der Waals surface area contributed by atoms with Gasteiger partial charge in [-0.1, -0.05) is 12.1 Å². The highest BCUT2D eigenvalue weighted by atomic mass is 32.1. The first-order valence-corrected chi connectivity index (χ1v) is 8.04. The van der Waals surface area contributed by atoms with E-state index in [4.69, 9.17) is 0 Å². The predicted molar refractivity (Wildman–Crippen MR) is 93.0 cm³/mol. The van der Waals surface area contributed by atoms with Gasteiger partial charge < -0.3 is 10.4 Å². The van der Waals surface area contributed by atoms with Crippen molar-refractivity contribution < 1.29 is 9.90 Å². The molecule has 0 fully saturated rings. The topological polar surface area (TPSA) is 75.1 Å². The van der Waals surface area contributed by atoms with E-state index in [2.05, 4.69) is 28.3 Å². The highest BCUT2D eigenvalue weighted by Gasteiger charge is 2.19. The van der Waals surface area contributed by atoms with Crippen molar-refractivity contribution >= 4 is 39.0 Å². The van der Waals surface area contributed by atoms with Gasteiger partial charge in [-0.05, 0) is 50.5 Å². The zero-order chi connectivity index (χ0) is 16.7. The molecule has 0 aliphatic heterocycles. The largest absolute Gasteiger partial charge is 0.477 e. The van der Waals surface area contributed by atoms with E-state index in [9.17, 15) is 9.90 Å². The Kier molecular flexibility index (Phi) is 3.77. The molecule has 0 spiro atoms. The SMILES string of the molecule is Cc1nc(Nc2cccc(C)c2C)c2c(C)c(C(=O)O)sc2n1. The van der Waals surface area contributed by atoms with Crippen molar-refractivity contribution in [2.24, 2.45) is 0 Å². The predicted octanol–water partition coefficient (Wildman–Crippen LogP) is 4.37. The molecule has 2 heterocycles. The van der Waals surface area contributed by atoms with Crippen LogP contribution in [0.25, 0.3) is 10.2 Å². The number of fused-ring (bicyclic) bond motifs is 1. The Bertz CT molecular complexity index is 931. The number of aryl methyl sites for hydroxylation is 3. The highest BCUT2D eigenvalue weighted by Crippen LogP contribution is 2.35. The van der Waals surface area contributed by atoms with Crippen molar-refractivity contribution in [3.8, 4) is 0 Å². The number of hydrogen-bond acceptors (Lipinski definition) is 5. The molecule has 6 heteroatoms. The maximum absolute atomic E-state index is 11.4. The fourth-order valence-corrected chi connectivity index (χ4v) is 3.62. The fourth-order valence-electron chi connectivity index (χ4n) is 2.55. The number of aromatic nitrogens is 2. The lowest BCUT2D eigenvalue weighted by molar-refractivity contribution is 0.0701. The summed E-state index contributed by atoms with van der Waals surface area (Å²) in [4.78, 5) is 21.3. The van der Waals surface area contributed by atoms with Crippen molar-refractivity contribution in [2.75, 3.05) is 5.32 Å². The molecule has 2 aromatic heterocycles. The molecule has 0 aliphatic rings. The number of hydrogen-bond donors (Lipinski definition) is 2. The van der Waals surface area contributed by atoms with Crippen molar-refractivity contribution in [1.82, 2.24) is 9.97 Å². The summed E-state index contributed by atoms with van der Waals surface area (Å²) in [6.07, 6.45) is 0. The Morgan fingerprint density at radius 2 is 1.87 bits per heavy atom. The molecule has 5 nitrogen and oxygen atoms in total. The van der Waals surface area contributed by atoms with Gasteiger partial charge in [0.15, 0.2) is 0 Å². The normalized spacial score (nSPS) is 11.0. The molecular weight excluding hydrogens is 310 g/mol. The van der Waals surface area contributed by atoms with E-state index < -0.39 is 5.97 Å². The first-order chi connectivity index (χ1) is 10.9. The zero-order valence-corrected chi connectivity index (χ0v) is 14.2. The molecule has 0 saturated carbocycles. The summed E-state index contributed by atoms with van der Waals surface area (Å²) >= 11 is 1.19. The first-order valence-electron chi connectivity index (χ1n) is 7.22. The van der Waals surface area contributed by atoms with Crippen LogP contribution in [-0.4, -0.2) is 21.0 Å². The van der Waals surface area contributed by atoms with E-state index in [0.717, 1.165) is 16.6 Å². The highest BCUT2D eigenvalue weighted by molar-refractivity contribution is 7.20. The first kappa shape index (κ1) is 15.4. The molecule has 3 rings (SSSR count). The monoisotopic (exact) mass is 327 g/mol. The summed E-state index contributed by atoms with van der Waals surface area (Å²) in [5, 5.41) is 13.5. The second-order valence-corrected chi connectivity index (χ2v) is 6.53. The van der Waals surface area contributed by atoms with Crippen molar-refractivity contribution in [3.63, 3.8) is 0 Å². The number of rotatable bonds is 3. The quantitative estimate of drug-likeness (QED) is 0.747. The Balaban J connectivity index is 2.20. The maximum Gasteiger partial charge on any atom is 0.346 e. The molecule has 23 heavy (non-hydrogen) atoms. The van der Waals surface area contributed by atoms with E-state index in [1.165, 1.54) is 16.9 Å². The van der Waals surface area contributed by atoms with Gasteiger partial charge in [0.05, 0.1) is 5.39 Å². The molecular formula is C17H17N3O2S. The van der Waals surface area contributed by atoms with Crippen LogP contribution in [0.5, 0.6) is 0 Å². The smallest absolute Gasteiger partial charge is 0.346 e. The third-order valence-electron chi connectivity index (χ3n) is 3.95. The average molecular weight is 327 g/mol. The van der Waals surface area contributed by atoms with Crippen molar-refractivity contribution in [3.05, 3.63) is 45.6 Å². The standard InChI is InChI=1S/C17H17N3O2S/c1-8-6-5-7-12(9(8)2)20-15-13-10(3)14(17(21)22)23-16(13)19-11(4)18-15/h5-7H,1-4H3,(H,21,22)(H,18,19,20). The molecule has 0 amide bonds. The van der Waals surface area contributed by atoms with Crippen LogP contribution in [0.2, 0.25) is 0 Å².